The smallest absolute Gasteiger partial charge is 0.119 e. The molecule has 1 aromatic rings. The molecule has 0 amide bonds. The van der Waals surface area contributed by atoms with E-state index in [-0.39, 0.29) is 0 Å². The van der Waals surface area contributed by atoms with Crippen LogP contribution in [-0.2, 0) is 6.54 Å². The summed E-state index contributed by atoms with van der Waals surface area (Å²) in [7, 11) is 1.68. The highest BCUT2D eigenvalue weighted by atomic mass is 35.5. The van der Waals surface area contributed by atoms with E-state index in [9.17, 15) is 0 Å². The summed E-state index contributed by atoms with van der Waals surface area (Å²) in [4.78, 5) is 0. The van der Waals surface area contributed by atoms with Gasteiger partial charge in [0.2, 0.25) is 0 Å². The third-order valence-electron chi connectivity index (χ3n) is 3.19. The Morgan fingerprint density at radius 3 is 2.81 bits per heavy atom. The number of rotatable bonds is 4. The molecule has 0 radical (unpaired) electrons. The van der Waals surface area contributed by atoms with Gasteiger partial charge in [-0.3, -0.25) is 0 Å². The third-order valence-corrected chi connectivity index (χ3v) is 3.56. The zero-order valence-electron chi connectivity index (χ0n) is 9.63. The molecule has 0 atom stereocenters. The minimum atomic E-state index is 0.669. The summed E-state index contributed by atoms with van der Waals surface area (Å²) in [5.74, 6) is 0.868. The Bertz CT molecular complexity index is 348. The fourth-order valence-corrected chi connectivity index (χ4v) is 2.38. The van der Waals surface area contributed by atoms with Crippen molar-refractivity contribution in [3.63, 3.8) is 0 Å². The predicted molar refractivity (Wildman–Crippen MR) is 67.1 cm³/mol. The van der Waals surface area contributed by atoms with Crippen molar-refractivity contribution in [2.75, 3.05) is 7.11 Å². The van der Waals surface area contributed by atoms with E-state index in [1.165, 1.54) is 25.7 Å². The molecule has 2 nitrogen and oxygen atoms in total. The van der Waals surface area contributed by atoms with Gasteiger partial charge >= 0.3 is 0 Å². The summed E-state index contributed by atoms with van der Waals surface area (Å²) in [6, 6.07) is 6.46. The van der Waals surface area contributed by atoms with E-state index in [0.29, 0.717) is 6.04 Å². The highest BCUT2D eigenvalue weighted by Gasteiger charge is 2.14. The van der Waals surface area contributed by atoms with Crippen molar-refractivity contribution < 1.29 is 4.74 Å². The van der Waals surface area contributed by atoms with Gasteiger partial charge in [-0.25, -0.2) is 0 Å². The lowest BCUT2D eigenvalue weighted by Gasteiger charge is -2.13. The first kappa shape index (κ1) is 11.7. The van der Waals surface area contributed by atoms with Crippen LogP contribution in [0, 0.1) is 0 Å². The maximum absolute atomic E-state index is 6.14. The van der Waals surface area contributed by atoms with E-state index < -0.39 is 0 Å². The molecule has 0 spiro atoms. The molecule has 0 aromatic heterocycles. The van der Waals surface area contributed by atoms with Gasteiger partial charge in [0.15, 0.2) is 0 Å². The monoisotopic (exact) mass is 239 g/mol. The molecular formula is C13H18ClNO. The van der Waals surface area contributed by atoms with Crippen molar-refractivity contribution in [2.45, 2.75) is 38.3 Å². The molecule has 88 valence electrons. The van der Waals surface area contributed by atoms with Crippen molar-refractivity contribution in [1.29, 1.82) is 0 Å². The lowest BCUT2D eigenvalue weighted by Crippen LogP contribution is -2.25. The Morgan fingerprint density at radius 2 is 2.12 bits per heavy atom. The normalized spacial score (nSPS) is 16.6. The van der Waals surface area contributed by atoms with Crippen LogP contribution >= 0.6 is 11.6 Å². The van der Waals surface area contributed by atoms with Crippen LogP contribution in [0.2, 0.25) is 5.02 Å². The summed E-state index contributed by atoms with van der Waals surface area (Å²) in [6.45, 7) is 0.834. The number of hydrogen-bond acceptors (Lipinski definition) is 2. The van der Waals surface area contributed by atoms with Crippen molar-refractivity contribution in [2.24, 2.45) is 0 Å². The summed E-state index contributed by atoms with van der Waals surface area (Å²) in [6.07, 6.45) is 5.29. The predicted octanol–water partition coefficient (Wildman–Crippen LogP) is 3.38. The van der Waals surface area contributed by atoms with Crippen molar-refractivity contribution in [3.8, 4) is 5.75 Å². The third kappa shape index (κ3) is 2.89. The van der Waals surface area contributed by atoms with Gasteiger partial charge in [0.25, 0.3) is 0 Å². The van der Waals surface area contributed by atoms with Crippen LogP contribution in [0.4, 0.5) is 0 Å². The van der Waals surface area contributed by atoms with Gasteiger partial charge in [0, 0.05) is 17.6 Å². The number of hydrogen-bond donors (Lipinski definition) is 1. The molecule has 2 rings (SSSR count). The molecule has 16 heavy (non-hydrogen) atoms. The average molecular weight is 240 g/mol. The van der Waals surface area contributed by atoms with Gasteiger partial charge < -0.3 is 10.1 Å². The summed E-state index contributed by atoms with van der Waals surface area (Å²) >= 11 is 6.14. The topological polar surface area (TPSA) is 21.3 Å². The second-order valence-electron chi connectivity index (χ2n) is 4.32. The molecule has 1 aromatic carbocycles. The summed E-state index contributed by atoms with van der Waals surface area (Å²) < 4.78 is 5.20. The van der Waals surface area contributed by atoms with Gasteiger partial charge in [-0.1, -0.05) is 24.4 Å². The number of methoxy groups -OCH3 is 1. The molecule has 0 unspecified atom stereocenters. The number of benzene rings is 1. The number of ether oxygens (including phenoxy) is 1. The molecule has 0 bridgehead atoms. The molecule has 1 aliphatic carbocycles. The van der Waals surface area contributed by atoms with Gasteiger partial charge in [-0.05, 0) is 36.6 Å². The maximum atomic E-state index is 6.14. The molecule has 1 fully saturated rings. The van der Waals surface area contributed by atoms with Crippen LogP contribution in [0.15, 0.2) is 18.2 Å². The van der Waals surface area contributed by atoms with Crippen molar-refractivity contribution in [3.05, 3.63) is 28.8 Å². The zero-order valence-corrected chi connectivity index (χ0v) is 10.4. The highest BCUT2D eigenvalue weighted by molar-refractivity contribution is 6.31. The first-order chi connectivity index (χ1) is 7.79. The van der Waals surface area contributed by atoms with Gasteiger partial charge in [0.05, 0.1) is 7.11 Å². The second kappa shape index (κ2) is 5.55. The first-order valence-corrected chi connectivity index (χ1v) is 6.23. The van der Waals surface area contributed by atoms with Gasteiger partial charge in [-0.2, -0.15) is 0 Å². The quantitative estimate of drug-likeness (QED) is 0.870. The van der Waals surface area contributed by atoms with Crippen LogP contribution in [0.25, 0.3) is 0 Å². The SMILES string of the molecule is COc1ccc(Cl)c(CNC2CCCC2)c1. The first-order valence-electron chi connectivity index (χ1n) is 5.85. The standard InChI is InChI=1S/C13H18ClNO/c1-16-12-6-7-13(14)10(8-12)9-15-11-4-2-3-5-11/h6-8,11,15H,2-5,9H2,1H3. The largest absolute Gasteiger partial charge is 0.497 e. The van der Waals surface area contributed by atoms with E-state index >= 15 is 0 Å². The number of nitrogens with one attached hydrogen (secondary N) is 1. The van der Waals surface area contributed by atoms with Crippen LogP contribution < -0.4 is 10.1 Å². The van der Waals surface area contributed by atoms with Crippen LogP contribution in [0.5, 0.6) is 5.75 Å². The van der Waals surface area contributed by atoms with Crippen LogP contribution in [-0.4, -0.2) is 13.2 Å². The molecule has 0 heterocycles. The molecule has 1 saturated carbocycles. The Morgan fingerprint density at radius 1 is 1.38 bits per heavy atom. The lowest BCUT2D eigenvalue weighted by atomic mass is 10.2. The zero-order chi connectivity index (χ0) is 11.4. The Balaban J connectivity index is 1.96. The average Bonchev–Trinajstić information content (AvgIpc) is 2.81. The molecule has 1 N–H and O–H groups in total. The van der Waals surface area contributed by atoms with Crippen molar-refractivity contribution in [1.82, 2.24) is 5.32 Å². The Kier molecular flexibility index (Phi) is 4.08. The van der Waals surface area contributed by atoms with E-state index in [2.05, 4.69) is 5.32 Å². The van der Waals surface area contributed by atoms with Crippen molar-refractivity contribution >= 4 is 11.6 Å². The molecule has 3 heteroatoms. The number of halogens is 1. The van der Waals surface area contributed by atoms with E-state index in [4.69, 9.17) is 16.3 Å². The molecular weight excluding hydrogens is 222 g/mol. The Hall–Kier alpha value is -0.730. The molecule has 0 aliphatic heterocycles. The van der Waals surface area contributed by atoms with Crippen LogP contribution in [0.1, 0.15) is 31.2 Å². The minimum Gasteiger partial charge on any atom is -0.497 e. The second-order valence-corrected chi connectivity index (χ2v) is 4.73. The Labute approximate surface area is 102 Å². The summed E-state index contributed by atoms with van der Waals surface area (Å²) in [5.41, 5.74) is 1.12. The maximum Gasteiger partial charge on any atom is 0.119 e. The van der Waals surface area contributed by atoms with E-state index in [1.54, 1.807) is 7.11 Å². The highest BCUT2D eigenvalue weighted by Crippen LogP contribution is 2.23. The van der Waals surface area contributed by atoms with E-state index in [1.807, 2.05) is 18.2 Å². The van der Waals surface area contributed by atoms with Gasteiger partial charge in [-0.15, -0.1) is 0 Å². The fourth-order valence-electron chi connectivity index (χ4n) is 2.20. The van der Waals surface area contributed by atoms with Gasteiger partial charge in [0.1, 0.15) is 5.75 Å². The fraction of sp³-hybridized carbons (Fsp3) is 0.538. The van der Waals surface area contributed by atoms with Crippen LogP contribution in [0.3, 0.4) is 0 Å². The molecule has 1 aliphatic rings. The van der Waals surface area contributed by atoms with E-state index in [0.717, 1.165) is 22.9 Å². The lowest BCUT2D eigenvalue weighted by molar-refractivity contribution is 0.413. The minimum absolute atomic E-state index is 0.669. The summed E-state index contributed by atoms with van der Waals surface area (Å²) in [5, 5.41) is 4.36. The molecule has 0 saturated heterocycles.